The number of aliphatic hydroxyl groups excluding tert-OH is 1. The van der Waals surface area contributed by atoms with Gasteiger partial charge in [0.15, 0.2) is 0 Å². The van der Waals surface area contributed by atoms with Gasteiger partial charge in [0.05, 0.1) is 6.10 Å². The Morgan fingerprint density at radius 2 is 1.95 bits per heavy atom. The van der Waals surface area contributed by atoms with E-state index in [-0.39, 0.29) is 35.5 Å². The van der Waals surface area contributed by atoms with E-state index < -0.39 is 0 Å². The third-order valence-corrected chi connectivity index (χ3v) is 5.17. The highest BCUT2D eigenvalue weighted by molar-refractivity contribution is 5.82. The summed E-state index contributed by atoms with van der Waals surface area (Å²) in [6.07, 6.45) is 2.89. The van der Waals surface area contributed by atoms with E-state index in [1.54, 1.807) is 12.1 Å². The van der Waals surface area contributed by atoms with E-state index in [1.807, 2.05) is 6.92 Å². The summed E-state index contributed by atoms with van der Waals surface area (Å²) >= 11 is 0. The van der Waals surface area contributed by atoms with Crippen LogP contribution in [-0.4, -0.2) is 17.0 Å². The van der Waals surface area contributed by atoms with Crippen molar-refractivity contribution in [3.05, 3.63) is 35.6 Å². The molecule has 0 amide bonds. The molecule has 2 fully saturated rings. The first kappa shape index (κ1) is 13.7. The van der Waals surface area contributed by atoms with Gasteiger partial charge in [-0.25, -0.2) is 4.39 Å². The van der Waals surface area contributed by atoms with Gasteiger partial charge in [-0.05, 0) is 54.7 Å². The molecule has 1 aromatic rings. The van der Waals surface area contributed by atoms with Crippen molar-refractivity contribution in [3.8, 4) is 0 Å². The summed E-state index contributed by atoms with van der Waals surface area (Å²) in [5.41, 5.74) is 1.04. The first-order chi connectivity index (χ1) is 9.60. The second-order valence-electron chi connectivity index (χ2n) is 6.31. The Morgan fingerprint density at radius 3 is 2.60 bits per heavy atom. The average molecular weight is 276 g/mol. The molecule has 1 aromatic carbocycles. The van der Waals surface area contributed by atoms with Crippen molar-refractivity contribution >= 4 is 5.78 Å². The number of benzene rings is 1. The Kier molecular flexibility index (Phi) is 3.63. The first-order valence-corrected chi connectivity index (χ1v) is 7.56. The Labute approximate surface area is 119 Å². The number of carbonyl (C=O) groups excluding carboxylic acids is 1. The number of fused-ring (bicyclic) bond motifs is 2. The summed E-state index contributed by atoms with van der Waals surface area (Å²) < 4.78 is 13.1. The summed E-state index contributed by atoms with van der Waals surface area (Å²) in [7, 11) is 0. The van der Waals surface area contributed by atoms with E-state index in [2.05, 4.69) is 0 Å². The molecule has 0 spiro atoms. The third kappa shape index (κ3) is 2.28. The molecule has 2 nitrogen and oxygen atoms in total. The number of carbonyl (C=O) groups is 1. The van der Waals surface area contributed by atoms with Crippen LogP contribution in [0.25, 0.3) is 0 Å². The van der Waals surface area contributed by atoms with E-state index in [4.69, 9.17) is 0 Å². The van der Waals surface area contributed by atoms with Crippen molar-refractivity contribution in [1.82, 2.24) is 0 Å². The molecule has 2 aliphatic carbocycles. The number of aliphatic hydroxyl groups is 1. The molecule has 2 unspecified atom stereocenters. The van der Waals surface area contributed by atoms with E-state index in [1.165, 1.54) is 12.1 Å². The monoisotopic (exact) mass is 276 g/mol. The molecule has 1 N–H and O–H groups in total. The van der Waals surface area contributed by atoms with Crippen molar-refractivity contribution in [1.29, 1.82) is 0 Å². The highest BCUT2D eigenvalue weighted by atomic mass is 19.1. The maximum Gasteiger partial charge on any atom is 0.136 e. The number of rotatable bonds is 3. The van der Waals surface area contributed by atoms with Gasteiger partial charge in [-0.3, -0.25) is 4.79 Å². The van der Waals surface area contributed by atoms with E-state index in [0.29, 0.717) is 12.3 Å². The molecule has 108 valence electrons. The van der Waals surface area contributed by atoms with Crippen LogP contribution in [0.15, 0.2) is 24.3 Å². The average Bonchev–Trinajstić information content (AvgIpc) is 2.74. The van der Waals surface area contributed by atoms with Gasteiger partial charge in [-0.1, -0.05) is 19.1 Å². The van der Waals surface area contributed by atoms with Crippen LogP contribution < -0.4 is 0 Å². The molecule has 2 aliphatic rings. The fraction of sp³-hybridized carbons (Fsp3) is 0.588. The molecule has 0 radical (unpaired) electrons. The van der Waals surface area contributed by atoms with Crippen molar-refractivity contribution in [2.45, 2.75) is 44.6 Å². The summed E-state index contributed by atoms with van der Waals surface area (Å²) in [5.74, 6) is 0.639. The summed E-state index contributed by atoms with van der Waals surface area (Å²) in [4.78, 5) is 12.4. The number of halogens is 1. The smallest absolute Gasteiger partial charge is 0.136 e. The first-order valence-electron chi connectivity index (χ1n) is 7.56. The predicted octanol–water partition coefficient (Wildman–Crippen LogP) is 3.30. The van der Waals surface area contributed by atoms with Gasteiger partial charge in [0, 0.05) is 12.3 Å². The van der Waals surface area contributed by atoms with Crippen LogP contribution in [0.3, 0.4) is 0 Å². The van der Waals surface area contributed by atoms with Crippen LogP contribution in [0.5, 0.6) is 0 Å². The van der Waals surface area contributed by atoms with Crippen LogP contribution in [0.2, 0.25) is 0 Å². The topological polar surface area (TPSA) is 37.3 Å². The van der Waals surface area contributed by atoms with Crippen molar-refractivity contribution < 1.29 is 14.3 Å². The zero-order chi connectivity index (χ0) is 14.3. The van der Waals surface area contributed by atoms with E-state index in [9.17, 15) is 14.3 Å². The van der Waals surface area contributed by atoms with Crippen LogP contribution >= 0.6 is 0 Å². The third-order valence-electron chi connectivity index (χ3n) is 5.17. The fourth-order valence-electron chi connectivity index (χ4n) is 4.29. The van der Waals surface area contributed by atoms with Crippen LogP contribution in [0.4, 0.5) is 4.39 Å². The highest BCUT2D eigenvalue weighted by Crippen LogP contribution is 2.52. The normalized spacial score (nSPS) is 36.0. The minimum atomic E-state index is -0.342. The van der Waals surface area contributed by atoms with Gasteiger partial charge in [-0.15, -0.1) is 0 Å². The summed E-state index contributed by atoms with van der Waals surface area (Å²) in [6.45, 7) is 1.89. The lowest BCUT2D eigenvalue weighted by Gasteiger charge is -2.36. The Balaban J connectivity index is 1.95. The van der Waals surface area contributed by atoms with Crippen molar-refractivity contribution in [2.75, 3.05) is 0 Å². The van der Waals surface area contributed by atoms with Gasteiger partial charge < -0.3 is 5.11 Å². The van der Waals surface area contributed by atoms with Crippen LogP contribution in [0.1, 0.15) is 44.1 Å². The van der Waals surface area contributed by atoms with E-state index >= 15 is 0 Å². The summed E-state index contributed by atoms with van der Waals surface area (Å²) in [5, 5.41) is 10.2. The van der Waals surface area contributed by atoms with Crippen molar-refractivity contribution in [3.63, 3.8) is 0 Å². The quantitative estimate of drug-likeness (QED) is 0.919. The lowest BCUT2D eigenvalue weighted by atomic mass is 9.67. The summed E-state index contributed by atoms with van der Waals surface area (Å²) in [6, 6.07) is 6.53. The second-order valence-corrected chi connectivity index (χ2v) is 6.31. The molecule has 2 bridgehead atoms. The molecule has 2 saturated carbocycles. The van der Waals surface area contributed by atoms with Crippen LogP contribution in [0, 0.1) is 23.6 Å². The lowest BCUT2D eigenvalue weighted by molar-refractivity contribution is -0.127. The van der Waals surface area contributed by atoms with Gasteiger partial charge in [0.25, 0.3) is 0 Å². The molecule has 0 aliphatic heterocycles. The zero-order valence-corrected chi connectivity index (χ0v) is 11.8. The molecular weight excluding hydrogens is 255 g/mol. The zero-order valence-electron chi connectivity index (χ0n) is 11.8. The van der Waals surface area contributed by atoms with Crippen molar-refractivity contribution in [2.24, 2.45) is 17.8 Å². The van der Waals surface area contributed by atoms with Gasteiger partial charge >= 0.3 is 0 Å². The lowest BCUT2D eigenvalue weighted by Crippen LogP contribution is -2.35. The van der Waals surface area contributed by atoms with Gasteiger partial charge in [0.1, 0.15) is 11.6 Å². The molecule has 3 heteroatoms. The van der Waals surface area contributed by atoms with E-state index in [0.717, 1.165) is 24.8 Å². The Morgan fingerprint density at radius 1 is 1.25 bits per heavy atom. The minimum absolute atomic E-state index is 0.0938. The highest BCUT2D eigenvalue weighted by Gasteiger charge is 2.49. The maximum atomic E-state index is 13.1. The molecule has 20 heavy (non-hydrogen) atoms. The van der Waals surface area contributed by atoms with Gasteiger partial charge in [0.2, 0.25) is 0 Å². The standard InChI is InChI=1S/C17H21FO2/c1-2-15(19)17-13(11-3-5-12(18)6-4-11)7-10-8-14(17)16(20)9-10/h3-6,10,13-14,16-17,20H,2,7-9H2,1H3/t10?,13-,14+,16?,17+/m1/s1. The van der Waals surface area contributed by atoms with Crippen LogP contribution in [-0.2, 0) is 4.79 Å². The molecule has 0 saturated heterocycles. The SMILES string of the molecule is CCC(=O)[C@H]1[C@@H](c2ccc(F)cc2)CC2CC(O)[C@@H]1C2. The largest absolute Gasteiger partial charge is 0.393 e. The number of ketones is 1. The Hall–Kier alpha value is -1.22. The predicted molar refractivity (Wildman–Crippen MR) is 74.8 cm³/mol. The molecule has 3 rings (SSSR count). The molecule has 5 atom stereocenters. The second kappa shape index (κ2) is 5.28. The van der Waals surface area contributed by atoms with Gasteiger partial charge in [-0.2, -0.15) is 0 Å². The Bertz CT molecular complexity index is 496. The number of Topliss-reactive ketones (excluding diaryl/α,β-unsaturated/α-hetero) is 1. The fourth-order valence-corrected chi connectivity index (χ4v) is 4.29. The number of hydrogen-bond donors (Lipinski definition) is 1. The number of hydrogen-bond acceptors (Lipinski definition) is 2. The molecule has 0 heterocycles. The maximum absolute atomic E-state index is 13.1. The molecule has 0 aromatic heterocycles. The minimum Gasteiger partial charge on any atom is -0.393 e. The molecular formula is C17H21FO2.